The summed E-state index contributed by atoms with van der Waals surface area (Å²) in [4.78, 5) is 12.0. The molecule has 0 bridgehead atoms. The van der Waals surface area contributed by atoms with Gasteiger partial charge in [0.2, 0.25) is 5.91 Å². The van der Waals surface area contributed by atoms with Crippen molar-refractivity contribution in [3.8, 4) is 5.75 Å². The molecule has 0 aliphatic heterocycles. The number of anilines is 1. The molecule has 2 aromatic carbocycles. The van der Waals surface area contributed by atoms with Gasteiger partial charge in [-0.1, -0.05) is 18.2 Å². The first-order valence-electron chi connectivity index (χ1n) is 7.12. The van der Waals surface area contributed by atoms with Gasteiger partial charge in [0, 0.05) is 10.5 Å². The van der Waals surface area contributed by atoms with Crippen LogP contribution < -0.4 is 15.4 Å². The van der Waals surface area contributed by atoms with Gasteiger partial charge in [0.25, 0.3) is 0 Å². The molecule has 1 amide bonds. The Kier molecular flexibility index (Phi) is 6.62. The number of hydrogen-bond acceptors (Lipinski definition) is 3. The SMILES string of the molecule is COc1ccc(C(C)NCC(=O)Nc2ccccc2Br)cc1Br. The van der Waals surface area contributed by atoms with Crippen LogP contribution in [0.25, 0.3) is 0 Å². The number of carbonyl (C=O) groups is 1. The first-order valence-corrected chi connectivity index (χ1v) is 8.71. The van der Waals surface area contributed by atoms with Gasteiger partial charge in [0.15, 0.2) is 0 Å². The number of benzene rings is 2. The van der Waals surface area contributed by atoms with Crippen LogP contribution in [0.3, 0.4) is 0 Å². The minimum Gasteiger partial charge on any atom is -0.496 e. The fraction of sp³-hybridized carbons (Fsp3) is 0.235. The fourth-order valence-electron chi connectivity index (χ4n) is 2.07. The van der Waals surface area contributed by atoms with E-state index in [1.165, 1.54) is 0 Å². The fourth-order valence-corrected chi connectivity index (χ4v) is 3.01. The van der Waals surface area contributed by atoms with E-state index in [2.05, 4.69) is 42.5 Å². The average molecular weight is 442 g/mol. The molecule has 2 rings (SSSR count). The Bertz CT molecular complexity index is 692. The molecular weight excluding hydrogens is 424 g/mol. The molecule has 2 aromatic rings. The second kappa shape index (κ2) is 8.47. The highest BCUT2D eigenvalue weighted by molar-refractivity contribution is 9.11. The summed E-state index contributed by atoms with van der Waals surface area (Å²) in [6.07, 6.45) is 0. The van der Waals surface area contributed by atoms with Crippen molar-refractivity contribution in [3.05, 3.63) is 57.0 Å². The molecule has 0 saturated heterocycles. The van der Waals surface area contributed by atoms with Crippen LogP contribution in [0.15, 0.2) is 51.4 Å². The van der Waals surface area contributed by atoms with Crippen molar-refractivity contribution in [2.24, 2.45) is 0 Å². The maximum atomic E-state index is 12.0. The molecular formula is C17H18Br2N2O2. The first-order chi connectivity index (χ1) is 11.0. The quantitative estimate of drug-likeness (QED) is 0.693. The zero-order chi connectivity index (χ0) is 16.8. The van der Waals surface area contributed by atoms with E-state index >= 15 is 0 Å². The largest absolute Gasteiger partial charge is 0.496 e. The molecule has 0 radical (unpaired) electrons. The standard InChI is InChI=1S/C17H18Br2N2O2/c1-11(12-7-8-16(23-2)14(19)9-12)20-10-17(22)21-15-6-4-3-5-13(15)18/h3-9,11,20H,10H2,1-2H3,(H,21,22). The highest BCUT2D eigenvalue weighted by atomic mass is 79.9. The van der Waals surface area contributed by atoms with Gasteiger partial charge in [-0.2, -0.15) is 0 Å². The van der Waals surface area contributed by atoms with Gasteiger partial charge in [0.05, 0.1) is 23.8 Å². The van der Waals surface area contributed by atoms with Gasteiger partial charge >= 0.3 is 0 Å². The summed E-state index contributed by atoms with van der Waals surface area (Å²) in [5.41, 5.74) is 1.84. The summed E-state index contributed by atoms with van der Waals surface area (Å²) in [5.74, 6) is 0.698. The van der Waals surface area contributed by atoms with Crippen molar-refractivity contribution in [1.82, 2.24) is 5.32 Å². The maximum absolute atomic E-state index is 12.0. The van der Waals surface area contributed by atoms with Crippen molar-refractivity contribution in [2.75, 3.05) is 19.0 Å². The second-order valence-corrected chi connectivity index (χ2v) is 6.73. The molecule has 6 heteroatoms. The summed E-state index contributed by atoms with van der Waals surface area (Å²) in [6.45, 7) is 2.24. The van der Waals surface area contributed by atoms with E-state index in [1.54, 1.807) is 7.11 Å². The smallest absolute Gasteiger partial charge is 0.238 e. The molecule has 0 aromatic heterocycles. The molecule has 1 unspecified atom stereocenters. The Hall–Kier alpha value is -1.37. The lowest BCUT2D eigenvalue weighted by atomic mass is 10.1. The number of carbonyl (C=O) groups excluding carboxylic acids is 1. The van der Waals surface area contributed by atoms with Crippen LogP contribution >= 0.6 is 31.9 Å². The number of halogens is 2. The number of nitrogens with one attached hydrogen (secondary N) is 2. The number of amides is 1. The molecule has 0 fully saturated rings. The van der Waals surface area contributed by atoms with Gasteiger partial charge in [0.1, 0.15) is 5.75 Å². The Balaban J connectivity index is 1.91. The number of para-hydroxylation sites is 1. The van der Waals surface area contributed by atoms with Crippen LogP contribution in [-0.2, 0) is 4.79 Å². The monoisotopic (exact) mass is 440 g/mol. The lowest BCUT2D eigenvalue weighted by Crippen LogP contribution is -2.30. The molecule has 0 heterocycles. The molecule has 0 aliphatic rings. The van der Waals surface area contributed by atoms with E-state index in [-0.39, 0.29) is 18.5 Å². The minimum atomic E-state index is -0.0867. The van der Waals surface area contributed by atoms with Crippen LogP contribution in [0, 0.1) is 0 Å². The zero-order valence-electron chi connectivity index (χ0n) is 12.9. The molecule has 1 atom stereocenters. The molecule has 23 heavy (non-hydrogen) atoms. The minimum absolute atomic E-state index is 0.0437. The summed E-state index contributed by atoms with van der Waals surface area (Å²) in [5, 5.41) is 6.08. The molecule has 0 aliphatic carbocycles. The average Bonchev–Trinajstić information content (AvgIpc) is 2.54. The molecule has 122 valence electrons. The van der Waals surface area contributed by atoms with E-state index in [1.807, 2.05) is 49.4 Å². The summed E-state index contributed by atoms with van der Waals surface area (Å²) in [7, 11) is 1.63. The molecule has 2 N–H and O–H groups in total. The third kappa shape index (κ3) is 5.06. The Morgan fingerprint density at radius 2 is 1.91 bits per heavy atom. The van der Waals surface area contributed by atoms with Crippen molar-refractivity contribution < 1.29 is 9.53 Å². The van der Waals surface area contributed by atoms with Crippen LogP contribution in [0.5, 0.6) is 5.75 Å². The van der Waals surface area contributed by atoms with E-state index in [0.29, 0.717) is 0 Å². The highest BCUT2D eigenvalue weighted by Crippen LogP contribution is 2.28. The van der Waals surface area contributed by atoms with Crippen molar-refractivity contribution in [2.45, 2.75) is 13.0 Å². The summed E-state index contributed by atoms with van der Waals surface area (Å²) < 4.78 is 6.97. The summed E-state index contributed by atoms with van der Waals surface area (Å²) in [6, 6.07) is 13.4. The summed E-state index contributed by atoms with van der Waals surface area (Å²) >= 11 is 6.88. The number of ether oxygens (including phenoxy) is 1. The van der Waals surface area contributed by atoms with Crippen LogP contribution in [0.2, 0.25) is 0 Å². The van der Waals surface area contributed by atoms with Crippen molar-refractivity contribution in [3.63, 3.8) is 0 Å². The Labute approximate surface area is 152 Å². The van der Waals surface area contributed by atoms with Gasteiger partial charge in [-0.05, 0) is 68.6 Å². The van der Waals surface area contributed by atoms with Gasteiger partial charge in [-0.15, -0.1) is 0 Å². The normalized spacial score (nSPS) is 11.8. The molecule has 0 saturated carbocycles. The Morgan fingerprint density at radius 3 is 2.57 bits per heavy atom. The predicted octanol–water partition coefficient (Wildman–Crippen LogP) is 4.51. The Morgan fingerprint density at radius 1 is 1.17 bits per heavy atom. The molecule has 0 spiro atoms. The predicted molar refractivity (Wildman–Crippen MR) is 99.9 cm³/mol. The van der Waals surface area contributed by atoms with Gasteiger partial charge in [-0.3, -0.25) is 4.79 Å². The number of hydrogen-bond donors (Lipinski definition) is 2. The van der Waals surface area contributed by atoms with Crippen LogP contribution in [0.1, 0.15) is 18.5 Å². The second-order valence-electron chi connectivity index (χ2n) is 5.02. The van der Waals surface area contributed by atoms with Crippen molar-refractivity contribution in [1.29, 1.82) is 0 Å². The van der Waals surface area contributed by atoms with Gasteiger partial charge < -0.3 is 15.4 Å². The van der Waals surface area contributed by atoms with E-state index in [4.69, 9.17) is 4.74 Å². The lowest BCUT2D eigenvalue weighted by molar-refractivity contribution is -0.115. The van der Waals surface area contributed by atoms with Crippen molar-refractivity contribution >= 4 is 43.5 Å². The number of methoxy groups -OCH3 is 1. The van der Waals surface area contributed by atoms with Gasteiger partial charge in [-0.25, -0.2) is 0 Å². The maximum Gasteiger partial charge on any atom is 0.238 e. The third-order valence-corrected chi connectivity index (χ3v) is 4.70. The van der Waals surface area contributed by atoms with E-state index < -0.39 is 0 Å². The van der Waals surface area contributed by atoms with Crippen LogP contribution in [0.4, 0.5) is 5.69 Å². The number of rotatable bonds is 6. The van der Waals surface area contributed by atoms with Crippen LogP contribution in [-0.4, -0.2) is 19.6 Å². The topological polar surface area (TPSA) is 50.4 Å². The van der Waals surface area contributed by atoms with E-state index in [9.17, 15) is 4.79 Å². The van der Waals surface area contributed by atoms with E-state index in [0.717, 1.165) is 25.9 Å². The third-order valence-electron chi connectivity index (χ3n) is 3.39. The molecule has 4 nitrogen and oxygen atoms in total. The zero-order valence-corrected chi connectivity index (χ0v) is 16.1. The lowest BCUT2D eigenvalue weighted by Gasteiger charge is -2.16. The first kappa shape index (κ1) is 18.0. The highest BCUT2D eigenvalue weighted by Gasteiger charge is 2.11.